The minimum atomic E-state index is -0.362. The topological polar surface area (TPSA) is 78.1 Å². The van der Waals surface area contributed by atoms with Crippen LogP contribution in [0.2, 0.25) is 0 Å². The van der Waals surface area contributed by atoms with Crippen molar-refractivity contribution in [2.24, 2.45) is 5.92 Å². The number of fused-ring (bicyclic) bond motifs is 1. The molecule has 0 atom stereocenters. The summed E-state index contributed by atoms with van der Waals surface area (Å²) in [6.07, 6.45) is 1.90. The van der Waals surface area contributed by atoms with Crippen LogP contribution in [0, 0.1) is 11.7 Å². The summed E-state index contributed by atoms with van der Waals surface area (Å²) in [7, 11) is 0. The molecule has 1 aromatic heterocycles. The first-order chi connectivity index (χ1) is 14.1. The fraction of sp³-hybridized carbons (Fsp3) is 0.318. The Bertz CT molecular complexity index is 974. The predicted molar refractivity (Wildman–Crippen MR) is 108 cm³/mol. The van der Waals surface area contributed by atoms with Gasteiger partial charge in [0, 0.05) is 37.5 Å². The molecule has 150 valence electrons. The molecule has 2 N–H and O–H groups in total. The minimum absolute atomic E-state index is 0.0231. The lowest BCUT2D eigenvalue weighted by atomic mass is 9.95. The number of carbonyl (C=O) groups is 2. The van der Waals surface area contributed by atoms with Gasteiger partial charge in [-0.1, -0.05) is 12.1 Å². The standard InChI is InChI=1S/C22H23FN4O2/c23-17-7-5-16(6-8-17)22(29)27-13-10-15(11-14-27)21(28)24-12-9-20-25-18-3-1-2-4-19(18)26-20/h1-8,15H,9-14H2,(H,24,28)(H,25,26). The van der Waals surface area contributed by atoms with Crippen LogP contribution in [0.4, 0.5) is 4.39 Å². The zero-order chi connectivity index (χ0) is 20.2. The van der Waals surface area contributed by atoms with Gasteiger partial charge < -0.3 is 15.2 Å². The molecule has 1 saturated heterocycles. The molecule has 0 radical (unpaired) electrons. The number of hydrogen-bond acceptors (Lipinski definition) is 3. The third kappa shape index (κ3) is 4.45. The zero-order valence-corrected chi connectivity index (χ0v) is 16.0. The molecule has 6 nitrogen and oxygen atoms in total. The molecule has 4 rings (SSSR count). The molecule has 0 spiro atoms. The minimum Gasteiger partial charge on any atom is -0.355 e. The highest BCUT2D eigenvalue weighted by atomic mass is 19.1. The molecular weight excluding hydrogens is 371 g/mol. The van der Waals surface area contributed by atoms with Crippen molar-refractivity contribution in [3.63, 3.8) is 0 Å². The van der Waals surface area contributed by atoms with Crippen LogP contribution in [0.5, 0.6) is 0 Å². The van der Waals surface area contributed by atoms with E-state index in [0.29, 0.717) is 44.5 Å². The highest BCUT2D eigenvalue weighted by Crippen LogP contribution is 2.19. The van der Waals surface area contributed by atoms with Gasteiger partial charge in [-0.05, 0) is 49.2 Å². The summed E-state index contributed by atoms with van der Waals surface area (Å²) in [6.45, 7) is 1.57. The van der Waals surface area contributed by atoms with Crippen molar-refractivity contribution in [1.82, 2.24) is 20.2 Å². The zero-order valence-electron chi connectivity index (χ0n) is 16.0. The Hall–Kier alpha value is -3.22. The quantitative estimate of drug-likeness (QED) is 0.699. The summed E-state index contributed by atoms with van der Waals surface area (Å²) in [6, 6.07) is 13.4. The number of aromatic amines is 1. The number of piperidine rings is 1. The Morgan fingerprint density at radius 1 is 1.10 bits per heavy atom. The van der Waals surface area contributed by atoms with E-state index in [-0.39, 0.29) is 23.5 Å². The first kappa shape index (κ1) is 19.1. The van der Waals surface area contributed by atoms with Crippen molar-refractivity contribution >= 4 is 22.8 Å². The smallest absolute Gasteiger partial charge is 0.253 e. The number of halogens is 1. The van der Waals surface area contributed by atoms with Crippen molar-refractivity contribution in [3.8, 4) is 0 Å². The van der Waals surface area contributed by atoms with Crippen molar-refractivity contribution in [1.29, 1.82) is 0 Å². The Balaban J connectivity index is 1.23. The van der Waals surface area contributed by atoms with Crippen LogP contribution in [-0.2, 0) is 11.2 Å². The van der Waals surface area contributed by atoms with Gasteiger partial charge in [0.05, 0.1) is 11.0 Å². The first-order valence-electron chi connectivity index (χ1n) is 9.86. The second-order valence-corrected chi connectivity index (χ2v) is 7.32. The lowest BCUT2D eigenvalue weighted by molar-refractivity contribution is -0.126. The molecule has 2 amide bonds. The summed E-state index contributed by atoms with van der Waals surface area (Å²) in [4.78, 5) is 34.4. The number of H-pyrrole nitrogens is 1. The monoisotopic (exact) mass is 394 g/mol. The SMILES string of the molecule is O=C(NCCc1nc2ccccc2[nH]1)C1CCN(C(=O)c2ccc(F)cc2)CC1. The van der Waals surface area contributed by atoms with Crippen molar-refractivity contribution < 1.29 is 14.0 Å². The molecule has 3 aromatic rings. The van der Waals surface area contributed by atoms with E-state index in [2.05, 4.69) is 15.3 Å². The summed E-state index contributed by atoms with van der Waals surface area (Å²) in [5.74, 6) is 0.303. The number of imidazole rings is 1. The Morgan fingerprint density at radius 2 is 1.83 bits per heavy atom. The maximum atomic E-state index is 13.0. The van der Waals surface area contributed by atoms with Gasteiger partial charge in [0.25, 0.3) is 5.91 Å². The largest absolute Gasteiger partial charge is 0.355 e. The molecule has 2 aromatic carbocycles. The number of benzene rings is 2. The van der Waals surface area contributed by atoms with Crippen molar-refractivity contribution in [2.75, 3.05) is 19.6 Å². The van der Waals surface area contributed by atoms with E-state index in [4.69, 9.17) is 0 Å². The lowest BCUT2D eigenvalue weighted by Crippen LogP contribution is -2.43. The van der Waals surface area contributed by atoms with Gasteiger partial charge in [0.2, 0.25) is 5.91 Å². The number of carbonyl (C=O) groups excluding carboxylic acids is 2. The van der Waals surface area contributed by atoms with E-state index in [0.717, 1.165) is 16.9 Å². The number of amides is 2. The number of para-hydroxylation sites is 2. The van der Waals surface area contributed by atoms with Crippen LogP contribution >= 0.6 is 0 Å². The van der Waals surface area contributed by atoms with Gasteiger partial charge in [-0.25, -0.2) is 9.37 Å². The Labute approximate surface area is 168 Å². The number of rotatable bonds is 5. The third-order valence-electron chi connectivity index (χ3n) is 5.34. The third-order valence-corrected chi connectivity index (χ3v) is 5.34. The molecule has 7 heteroatoms. The average Bonchev–Trinajstić information content (AvgIpc) is 3.16. The van der Waals surface area contributed by atoms with Crippen LogP contribution in [0.25, 0.3) is 11.0 Å². The van der Waals surface area contributed by atoms with E-state index in [1.165, 1.54) is 24.3 Å². The molecule has 1 aliphatic rings. The van der Waals surface area contributed by atoms with Crippen LogP contribution in [0.3, 0.4) is 0 Å². The maximum absolute atomic E-state index is 13.0. The number of aromatic nitrogens is 2. The average molecular weight is 394 g/mol. The van der Waals surface area contributed by atoms with Crippen molar-refractivity contribution in [2.45, 2.75) is 19.3 Å². The second kappa shape index (κ2) is 8.43. The van der Waals surface area contributed by atoms with E-state index in [1.54, 1.807) is 4.90 Å². The second-order valence-electron chi connectivity index (χ2n) is 7.32. The Morgan fingerprint density at radius 3 is 2.55 bits per heavy atom. The van der Waals surface area contributed by atoms with Crippen LogP contribution < -0.4 is 5.32 Å². The molecular formula is C22H23FN4O2. The van der Waals surface area contributed by atoms with Crippen LogP contribution in [0.1, 0.15) is 29.0 Å². The molecule has 1 fully saturated rings. The van der Waals surface area contributed by atoms with E-state index in [1.807, 2.05) is 24.3 Å². The summed E-state index contributed by atoms with van der Waals surface area (Å²) >= 11 is 0. The van der Waals surface area contributed by atoms with Gasteiger partial charge in [-0.3, -0.25) is 9.59 Å². The fourth-order valence-electron chi connectivity index (χ4n) is 3.69. The van der Waals surface area contributed by atoms with Gasteiger partial charge in [0.15, 0.2) is 0 Å². The van der Waals surface area contributed by atoms with E-state index in [9.17, 15) is 14.0 Å². The molecule has 1 aliphatic heterocycles. The number of hydrogen-bond donors (Lipinski definition) is 2. The fourth-order valence-corrected chi connectivity index (χ4v) is 3.69. The Kier molecular flexibility index (Phi) is 5.55. The molecule has 0 bridgehead atoms. The lowest BCUT2D eigenvalue weighted by Gasteiger charge is -2.31. The highest BCUT2D eigenvalue weighted by molar-refractivity contribution is 5.94. The molecule has 0 saturated carbocycles. The van der Waals surface area contributed by atoms with Gasteiger partial charge >= 0.3 is 0 Å². The molecule has 0 unspecified atom stereocenters. The molecule has 2 heterocycles. The molecule has 0 aliphatic carbocycles. The predicted octanol–water partition coefficient (Wildman–Crippen LogP) is 2.91. The summed E-state index contributed by atoms with van der Waals surface area (Å²) in [5.41, 5.74) is 2.39. The normalized spacial score (nSPS) is 14.9. The number of nitrogens with zero attached hydrogens (tertiary/aromatic N) is 2. The summed E-state index contributed by atoms with van der Waals surface area (Å²) < 4.78 is 13.0. The van der Waals surface area contributed by atoms with Gasteiger partial charge in [-0.15, -0.1) is 0 Å². The first-order valence-corrected chi connectivity index (χ1v) is 9.86. The number of likely N-dealkylation sites (tertiary alicyclic amines) is 1. The van der Waals surface area contributed by atoms with Gasteiger partial charge in [-0.2, -0.15) is 0 Å². The molecule has 29 heavy (non-hydrogen) atoms. The van der Waals surface area contributed by atoms with Crippen molar-refractivity contribution in [3.05, 3.63) is 65.7 Å². The van der Waals surface area contributed by atoms with Crippen LogP contribution in [0.15, 0.2) is 48.5 Å². The highest BCUT2D eigenvalue weighted by Gasteiger charge is 2.27. The van der Waals surface area contributed by atoms with Crippen LogP contribution in [-0.4, -0.2) is 46.3 Å². The van der Waals surface area contributed by atoms with E-state index < -0.39 is 0 Å². The van der Waals surface area contributed by atoms with E-state index >= 15 is 0 Å². The number of nitrogens with one attached hydrogen (secondary N) is 2. The summed E-state index contributed by atoms with van der Waals surface area (Å²) in [5, 5.41) is 2.98. The van der Waals surface area contributed by atoms with Gasteiger partial charge in [0.1, 0.15) is 11.6 Å². The maximum Gasteiger partial charge on any atom is 0.253 e.